The third-order valence-electron chi connectivity index (χ3n) is 2.61. The van der Waals surface area contributed by atoms with E-state index in [2.05, 4.69) is 10.1 Å². The van der Waals surface area contributed by atoms with E-state index in [9.17, 15) is 5.11 Å². The summed E-state index contributed by atoms with van der Waals surface area (Å²) in [4.78, 5) is 4.39. The Morgan fingerprint density at radius 3 is 2.94 bits per heavy atom. The van der Waals surface area contributed by atoms with Gasteiger partial charge < -0.3 is 5.11 Å². The van der Waals surface area contributed by atoms with Crippen LogP contribution >= 0.6 is 11.6 Å². The first-order valence-electron chi connectivity index (χ1n) is 5.49. The molecule has 1 aromatic carbocycles. The van der Waals surface area contributed by atoms with Crippen LogP contribution in [0.25, 0.3) is 5.65 Å². The molecule has 0 aliphatic heterocycles. The van der Waals surface area contributed by atoms with Crippen LogP contribution in [-0.4, -0.2) is 19.7 Å². The minimum absolute atomic E-state index is 0.249. The molecular formula is C13H10ClN3O. The van der Waals surface area contributed by atoms with E-state index in [1.807, 2.05) is 12.1 Å². The average Bonchev–Trinajstić information content (AvgIpc) is 2.70. The van der Waals surface area contributed by atoms with Crippen molar-refractivity contribution in [2.75, 3.05) is 0 Å². The second kappa shape index (κ2) is 4.31. The molecule has 0 bridgehead atoms. The highest BCUT2D eigenvalue weighted by Gasteiger charge is 2.05. The van der Waals surface area contributed by atoms with Gasteiger partial charge in [0.2, 0.25) is 0 Å². The Hall–Kier alpha value is -2.07. The van der Waals surface area contributed by atoms with Gasteiger partial charge in [0.15, 0.2) is 11.5 Å². The number of rotatable bonds is 2. The van der Waals surface area contributed by atoms with Crippen LogP contribution in [0.1, 0.15) is 11.4 Å². The monoisotopic (exact) mass is 259 g/mol. The summed E-state index contributed by atoms with van der Waals surface area (Å²) in [6.07, 6.45) is 2.30. The third kappa shape index (κ3) is 2.15. The van der Waals surface area contributed by atoms with Crippen molar-refractivity contribution in [1.29, 1.82) is 0 Å². The van der Waals surface area contributed by atoms with Gasteiger partial charge in [0.25, 0.3) is 0 Å². The molecular weight excluding hydrogens is 250 g/mol. The van der Waals surface area contributed by atoms with Gasteiger partial charge in [0.05, 0.1) is 5.02 Å². The van der Waals surface area contributed by atoms with E-state index in [0.717, 1.165) is 11.2 Å². The summed E-state index contributed by atoms with van der Waals surface area (Å²) >= 11 is 5.89. The van der Waals surface area contributed by atoms with Gasteiger partial charge in [-0.2, -0.15) is 5.10 Å². The molecule has 4 nitrogen and oxygen atoms in total. The summed E-state index contributed by atoms with van der Waals surface area (Å²) < 4.78 is 1.65. The molecule has 0 unspecified atom stereocenters. The summed E-state index contributed by atoms with van der Waals surface area (Å²) in [6, 6.07) is 10.7. The van der Waals surface area contributed by atoms with E-state index in [-0.39, 0.29) is 5.75 Å². The van der Waals surface area contributed by atoms with Crippen LogP contribution in [0, 0.1) is 0 Å². The lowest BCUT2D eigenvalue weighted by Gasteiger charge is -1.97. The lowest BCUT2D eigenvalue weighted by atomic mass is 10.1. The minimum atomic E-state index is 0.249. The average molecular weight is 260 g/mol. The number of pyridine rings is 1. The summed E-state index contributed by atoms with van der Waals surface area (Å²) in [5, 5.41) is 14.4. The largest absolute Gasteiger partial charge is 0.508 e. The Kier molecular flexibility index (Phi) is 2.64. The van der Waals surface area contributed by atoms with Crippen LogP contribution in [0.2, 0.25) is 5.02 Å². The molecule has 3 rings (SSSR count). The van der Waals surface area contributed by atoms with E-state index >= 15 is 0 Å². The Morgan fingerprint density at radius 2 is 2.11 bits per heavy atom. The third-order valence-corrected chi connectivity index (χ3v) is 2.84. The van der Waals surface area contributed by atoms with Crippen LogP contribution in [-0.2, 0) is 6.42 Å². The molecule has 3 aromatic rings. The Bertz CT molecular complexity index is 708. The predicted octanol–water partition coefficient (Wildman–Crippen LogP) is 2.68. The van der Waals surface area contributed by atoms with Crippen molar-refractivity contribution in [3.05, 3.63) is 59.0 Å². The van der Waals surface area contributed by atoms with E-state index in [1.165, 1.54) is 0 Å². The van der Waals surface area contributed by atoms with E-state index in [0.29, 0.717) is 17.3 Å². The smallest absolute Gasteiger partial charge is 0.156 e. The lowest BCUT2D eigenvalue weighted by molar-refractivity contribution is 0.474. The zero-order valence-corrected chi connectivity index (χ0v) is 10.2. The van der Waals surface area contributed by atoms with Crippen molar-refractivity contribution in [2.24, 2.45) is 0 Å². The van der Waals surface area contributed by atoms with E-state index in [1.54, 1.807) is 35.0 Å². The predicted molar refractivity (Wildman–Crippen MR) is 68.9 cm³/mol. The molecule has 0 radical (unpaired) electrons. The molecule has 1 N–H and O–H groups in total. The number of phenolic OH excluding ortho intramolecular Hbond substituents is 1. The molecule has 90 valence electrons. The number of aromatic nitrogens is 3. The maximum absolute atomic E-state index is 9.40. The summed E-state index contributed by atoms with van der Waals surface area (Å²) in [5.41, 5.74) is 1.73. The minimum Gasteiger partial charge on any atom is -0.508 e. The fourth-order valence-corrected chi connectivity index (χ4v) is 1.98. The number of hydrogen-bond acceptors (Lipinski definition) is 3. The molecule has 0 atom stereocenters. The molecule has 0 aliphatic rings. The van der Waals surface area contributed by atoms with E-state index in [4.69, 9.17) is 11.6 Å². The topological polar surface area (TPSA) is 50.4 Å². The van der Waals surface area contributed by atoms with Gasteiger partial charge in [-0.25, -0.2) is 9.50 Å². The van der Waals surface area contributed by atoms with Gasteiger partial charge in [0, 0.05) is 12.6 Å². The van der Waals surface area contributed by atoms with Gasteiger partial charge in [-0.1, -0.05) is 23.7 Å². The Morgan fingerprint density at radius 1 is 1.22 bits per heavy atom. The number of hydrogen-bond donors (Lipinski definition) is 1. The van der Waals surface area contributed by atoms with Crippen LogP contribution < -0.4 is 0 Å². The molecule has 0 amide bonds. The van der Waals surface area contributed by atoms with Crippen molar-refractivity contribution in [2.45, 2.75) is 6.42 Å². The molecule has 2 aromatic heterocycles. The van der Waals surface area contributed by atoms with Crippen molar-refractivity contribution in [3.8, 4) is 5.75 Å². The molecule has 0 saturated carbocycles. The van der Waals surface area contributed by atoms with Gasteiger partial charge in [-0.05, 0) is 29.8 Å². The number of benzene rings is 1. The summed E-state index contributed by atoms with van der Waals surface area (Å²) in [5.74, 6) is 0.946. The zero-order chi connectivity index (χ0) is 12.5. The highest BCUT2D eigenvalue weighted by molar-refractivity contribution is 6.30. The van der Waals surface area contributed by atoms with Crippen LogP contribution in [0.3, 0.4) is 0 Å². The maximum Gasteiger partial charge on any atom is 0.156 e. The van der Waals surface area contributed by atoms with E-state index < -0.39 is 0 Å². The van der Waals surface area contributed by atoms with Crippen LogP contribution in [0.15, 0.2) is 42.6 Å². The molecule has 0 spiro atoms. The molecule has 5 heteroatoms. The van der Waals surface area contributed by atoms with Gasteiger partial charge >= 0.3 is 0 Å². The number of halogens is 1. The number of aromatic hydroxyl groups is 1. The first-order valence-corrected chi connectivity index (χ1v) is 5.87. The Labute approximate surface area is 108 Å². The first-order chi connectivity index (χ1) is 8.70. The highest BCUT2D eigenvalue weighted by atomic mass is 35.5. The molecule has 0 fully saturated rings. The van der Waals surface area contributed by atoms with Crippen LogP contribution in [0.5, 0.6) is 5.75 Å². The maximum atomic E-state index is 9.40. The molecule has 2 heterocycles. The zero-order valence-electron chi connectivity index (χ0n) is 9.42. The van der Waals surface area contributed by atoms with Gasteiger partial charge in [-0.3, -0.25) is 0 Å². The number of phenols is 1. The lowest BCUT2D eigenvalue weighted by Crippen LogP contribution is -1.91. The number of nitrogens with zero attached hydrogens (tertiary/aromatic N) is 3. The number of fused-ring (bicyclic) bond motifs is 1. The quantitative estimate of drug-likeness (QED) is 0.770. The molecule has 18 heavy (non-hydrogen) atoms. The van der Waals surface area contributed by atoms with Crippen LogP contribution in [0.4, 0.5) is 0 Å². The van der Waals surface area contributed by atoms with Crippen molar-refractivity contribution in [1.82, 2.24) is 14.6 Å². The molecule has 0 saturated heterocycles. The highest BCUT2D eigenvalue weighted by Crippen LogP contribution is 2.15. The Balaban J connectivity index is 1.95. The second-order valence-electron chi connectivity index (χ2n) is 4.02. The van der Waals surface area contributed by atoms with Gasteiger partial charge in [-0.15, -0.1) is 0 Å². The summed E-state index contributed by atoms with van der Waals surface area (Å²) in [6.45, 7) is 0. The first kappa shape index (κ1) is 11.0. The fourth-order valence-electron chi connectivity index (χ4n) is 1.83. The second-order valence-corrected chi connectivity index (χ2v) is 4.46. The fraction of sp³-hybridized carbons (Fsp3) is 0.0769. The normalized spacial score (nSPS) is 10.9. The standard InChI is InChI=1S/C13H10ClN3O/c14-10-4-5-13-15-12(16-17(13)8-10)7-9-2-1-3-11(18)6-9/h1-6,8,18H,7H2. The summed E-state index contributed by atoms with van der Waals surface area (Å²) in [7, 11) is 0. The SMILES string of the molecule is Oc1cccc(Cc2nc3ccc(Cl)cn3n2)c1. The van der Waals surface area contributed by atoms with Crippen molar-refractivity contribution in [3.63, 3.8) is 0 Å². The van der Waals surface area contributed by atoms with Gasteiger partial charge in [0.1, 0.15) is 5.75 Å². The van der Waals surface area contributed by atoms with Crippen molar-refractivity contribution >= 4 is 17.2 Å². The molecule has 0 aliphatic carbocycles. The van der Waals surface area contributed by atoms with Crippen molar-refractivity contribution < 1.29 is 5.11 Å².